The normalized spacial score (nSPS) is 10.7. The Balaban J connectivity index is 2.84. The fourth-order valence-corrected chi connectivity index (χ4v) is 1.49. The Kier molecular flexibility index (Phi) is 4.91. The van der Waals surface area contributed by atoms with E-state index in [-0.39, 0.29) is 23.3 Å². The predicted octanol–water partition coefficient (Wildman–Crippen LogP) is 1.47. The number of furan rings is 1. The molecule has 1 N–H and O–H groups in total. The van der Waals surface area contributed by atoms with E-state index in [1.165, 1.54) is 6.07 Å². The van der Waals surface area contributed by atoms with Gasteiger partial charge in [-0.25, -0.2) is 4.79 Å². The summed E-state index contributed by atoms with van der Waals surface area (Å²) in [5.74, 6) is -1.43. The van der Waals surface area contributed by atoms with E-state index in [0.717, 1.165) is 6.26 Å². The summed E-state index contributed by atoms with van der Waals surface area (Å²) in [6.45, 7) is 4.58. The molecule has 1 aromatic rings. The van der Waals surface area contributed by atoms with Gasteiger partial charge in [-0.1, -0.05) is 0 Å². The standard InChI is InChI=1S/C12H17NO5/c1-8(2)13(4-5-17-3)11(14)10-6-9(7-18-10)12(15)16/h6-8H,4-5H2,1-3H3,(H,15,16). The maximum absolute atomic E-state index is 12.1. The quantitative estimate of drug-likeness (QED) is 0.832. The van der Waals surface area contributed by atoms with Crippen molar-refractivity contribution in [3.05, 3.63) is 23.7 Å². The average molecular weight is 255 g/mol. The summed E-state index contributed by atoms with van der Waals surface area (Å²) >= 11 is 0. The number of hydrogen-bond acceptors (Lipinski definition) is 4. The van der Waals surface area contributed by atoms with Crippen LogP contribution in [0, 0.1) is 0 Å². The Bertz CT molecular complexity index is 424. The van der Waals surface area contributed by atoms with Crippen molar-refractivity contribution in [1.29, 1.82) is 0 Å². The zero-order valence-corrected chi connectivity index (χ0v) is 10.7. The number of rotatable bonds is 6. The zero-order chi connectivity index (χ0) is 13.7. The van der Waals surface area contributed by atoms with E-state index in [9.17, 15) is 9.59 Å². The Morgan fingerprint density at radius 1 is 1.50 bits per heavy atom. The molecule has 0 spiro atoms. The molecule has 0 saturated heterocycles. The topological polar surface area (TPSA) is 80.0 Å². The number of carboxylic acid groups (broad SMARTS) is 1. The molecule has 6 heteroatoms. The molecule has 0 radical (unpaired) electrons. The third kappa shape index (κ3) is 3.33. The van der Waals surface area contributed by atoms with E-state index in [1.807, 2.05) is 13.8 Å². The average Bonchev–Trinajstić information content (AvgIpc) is 2.78. The van der Waals surface area contributed by atoms with E-state index < -0.39 is 5.97 Å². The lowest BCUT2D eigenvalue weighted by Gasteiger charge is -2.25. The molecule has 1 aromatic heterocycles. The second-order valence-corrected chi connectivity index (χ2v) is 4.09. The molecule has 0 fully saturated rings. The molecular formula is C12H17NO5. The molecule has 0 atom stereocenters. The largest absolute Gasteiger partial charge is 0.478 e. The number of aromatic carboxylic acids is 1. The van der Waals surface area contributed by atoms with Crippen LogP contribution in [0.25, 0.3) is 0 Å². The maximum atomic E-state index is 12.1. The van der Waals surface area contributed by atoms with Crippen molar-refractivity contribution in [3.8, 4) is 0 Å². The van der Waals surface area contributed by atoms with Gasteiger partial charge in [-0.3, -0.25) is 4.79 Å². The van der Waals surface area contributed by atoms with E-state index in [1.54, 1.807) is 12.0 Å². The summed E-state index contributed by atoms with van der Waals surface area (Å²) in [6, 6.07) is 1.21. The van der Waals surface area contributed by atoms with Crippen molar-refractivity contribution in [3.63, 3.8) is 0 Å². The van der Waals surface area contributed by atoms with Crippen molar-refractivity contribution in [2.45, 2.75) is 19.9 Å². The first-order valence-electron chi connectivity index (χ1n) is 5.59. The highest BCUT2D eigenvalue weighted by atomic mass is 16.5. The van der Waals surface area contributed by atoms with E-state index in [4.69, 9.17) is 14.3 Å². The third-order valence-corrected chi connectivity index (χ3v) is 2.48. The number of carbonyl (C=O) groups is 2. The molecule has 18 heavy (non-hydrogen) atoms. The number of ether oxygens (including phenoxy) is 1. The Morgan fingerprint density at radius 3 is 2.61 bits per heavy atom. The van der Waals surface area contributed by atoms with Crippen LogP contribution in [0.4, 0.5) is 0 Å². The second kappa shape index (κ2) is 6.20. The summed E-state index contributed by atoms with van der Waals surface area (Å²) in [5, 5.41) is 8.76. The molecule has 1 rings (SSSR count). The first-order chi connectivity index (χ1) is 8.47. The smallest absolute Gasteiger partial charge is 0.338 e. The van der Waals surface area contributed by atoms with Gasteiger partial charge in [0.05, 0.1) is 12.2 Å². The van der Waals surface area contributed by atoms with Gasteiger partial charge in [-0.05, 0) is 13.8 Å². The monoisotopic (exact) mass is 255 g/mol. The highest BCUT2D eigenvalue weighted by Crippen LogP contribution is 2.12. The molecule has 0 aliphatic heterocycles. The molecule has 0 aliphatic carbocycles. The highest BCUT2D eigenvalue weighted by molar-refractivity contribution is 5.95. The Labute approximate surface area is 105 Å². The minimum atomic E-state index is -1.12. The number of methoxy groups -OCH3 is 1. The van der Waals surface area contributed by atoms with Crippen LogP contribution < -0.4 is 0 Å². The molecule has 0 unspecified atom stereocenters. The lowest BCUT2D eigenvalue weighted by molar-refractivity contribution is 0.0603. The maximum Gasteiger partial charge on any atom is 0.338 e. The summed E-state index contributed by atoms with van der Waals surface area (Å²) in [5.41, 5.74) is -0.0335. The van der Waals surface area contributed by atoms with Gasteiger partial charge in [0.2, 0.25) is 0 Å². The van der Waals surface area contributed by atoms with Crippen molar-refractivity contribution in [1.82, 2.24) is 4.90 Å². The van der Waals surface area contributed by atoms with Gasteiger partial charge in [-0.2, -0.15) is 0 Å². The van der Waals surface area contributed by atoms with E-state index in [0.29, 0.717) is 13.2 Å². The van der Waals surface area contributed by atoms with Crippen LogP contribution in [-0.4, -0.2) is 48.2 Å². The van der Waals surface area contributed by atoms with Gasteiger partial charge in [0.1, 0.15) is 6.26 Å². The lowest BCUT2D eigenvalue weighted by atomic mass is 10.2. The summed E-state index contributed by atoms with van der Waals surface area (Å²) in [6.07, 6.45) is 1.06. The van der Waals surface area contributed by atoms with Crippen LogP contribution in [0.15, 0.2) is 16.7 Å². The van der Waals surface area contributed by atoms with Crippen LogP contribution >= 0.6 is 0 Å². The van der Waals surface area contributed by atoms with Gasteiger partial charge >= 0.3 is 5.97 Å². The Morgan fingerprint density at radius 2 is 2.17 bits per heavy atom. The molecule has 0 saturated carbocycles. The number of hydrogen-bond donors (Lipinski definition) is 1. The van der Waals surface area contributed by atoms with Gasteiger partial charge in [-0.15, -0.1) is 0 Å². The number of amides is 1. The van der Waals surface area contributed by atoms with Crippen molar-refractivity contribution in [2.75, 3.05) is 20.3 Å². The molecule has 100 valence electrons. The van der Waals surface area contributed by atoms with E-state index >= 15 is 0 Å². The summed E-state index contributed by atoms with van der Waals surface area (Å²) in [7, 11) is 1.55. The lowest BCUT2D eigenvalue weighted by Crippen LogP contribution is -2.39. The SMILES string of the molecule is COCCN(C(=O)c1cc(C(=O)O)co1)C(C)C. The first-order valence-corrected chi connectivity index (χ1v) is 5.59. The van der Waals surface area contributed by atoms with Crippen LogP contribution in [-0.2, 0) is 4.74 Å². The van der Waals surface area contributed by atoms with Crippen molar-refractivity contribution in [2.24, 2.45) is 0 Å². The van der Waals surface area contributed by atoms with Crippen LogP contribution in [0.5, 0.6) is 0 Å². The fraction of sp³-hybridized carbons (Fsp3) is 0.500. The van der Waals surface area contributed by atoms with Gasteiger partial charge in [0.25, 0.3) is 5.91 Å². The predicted molar refractivity (Wildman–Crippen MR) is 63.7 cm³/mol. The molecule has 0 aromatic carbocycles. The highest BCUT2D eigenvalue weighted by Gasteiger charge is 2.22. The molecule has 0 aliphatic rings. The number of nitrogens with zero attached hydrogens (tertiary/aromatic N) is 1. The van der Waals surface area contributed by atoms with Crippen LogP contribution in [0.2, 0.25) is 0 Å². The van der Waals surface area contributed by atoms with Crippen molar-refractivity contribution >= 4 is 11.9 Å². The molecule has 6 nitrogen and oxygen atoms in total. The zero-order valence-electron chi connectivity index (χ0n) is 10.7. The fourth-order valence-electron chi connectivity index (χ4n) is 1.49. The van der Waals surface area contributed by atoms with Gasteiger partial charge in [0.15, 0.2) is 5.76 Å². The number of carbonyl (C=O) groups excluding carboxylic acids is 1. The minimum Gasteiger partial charge on any atom is -0.478 e. The van der Waals surface area contributed by atoms with Gasteiger partial charge in [0, 0.05) is 25.8 Å². The van der Waals surface area contributed by atoms with Crippen LogP contribution in [0.3, 0.4) is 0 Å². The van der Waals surface area contributed by atoms with E-state index in [2.05, 4.69) is 0 Å². The van der Waals surface area contributed by atoms with Gasteiger partial charge < -0.3 is 19.2 Å². The second-order valence-electron chi connectivity index (χ2n) is 4.09. The molecule has 1 amide bonds. The van der Waals surface area contributed by atoms with Crippen LogP contribution in [0.1, 0.15) is 34.8 Å². The summed E-state index contributed by atoms with van der Waals surface area (Å²) in [4.78, 5) is 24.4. The number of carboxylic acids is 1. The first kappa shape index (κ1) is 14.2. The summed E-state index contributed by atoms with van der Waals surface area (Å²) < 4.78 is 9.92. The molecular weight excluding hydrogens is 238 g/mol. The molecule has 1 heterocycles. The Hall–Kier alpha value is -1.82. The van der Waals surface area contributed by atoms with Crippen molar-refractivity contribution < 1.29 is 23.8 Å². The minimum absolute atomic E-state index is 0.0222. The molecule has 0 bridgehead atoms. The third-order valence-electron chi connectivity index (χ3n) is 2.48.